The van der Waals surface area contributed by atoms with Crippen LogP contribution in [0.3, 0.4) is 0 Å². The Balaban J connectivity index is 1.04. The Morgan fingerprint density at radius 1 is 1.05 bits per heavy atom. The molecule has 3 aromatic rings. The maximum absolute atomic E-state index is 14.1. The van der Waals surface area contributed by atoms with Crippen molar-refractivity contribution in [2.24, 2.45) is 24.8 Å². The van der Waals surface area contributed by atoms with E-state index in [1.54, 1.807) is 22.9 Å². The molecule has 37 heavy (non-hydrogen) atoms. The Labute approximate surface area is 213 Å². The quantitative estimate of drug-likeness (QED) is 0.533. The van der Waals surface area contributed by atoms with E-state index in [0.29, 0.717) is 35.5 Å². The first-order valence-corrected chi connectivity index (χ1v) is 13.3. The third-order valence-electron chi connectivity index (χ3n) is 8.91. The molecular weight excluding hydrogens is 481 g/mol. The topological polar surface area (TPSA) is 68.1 Å². The summed E-state index contributed by atoms with van der Waals surface area (Å²) in [5.74, 6) is 1.52. The normalized spacial score (nSPS) is 31.5. The van der Waals surface area contributed by atoms with Crippen molar-refractivity contribution >= 4 is 16.7 Å². The highest BCUT2D eigenvalue weighted by molar-refractivity contribution is 5.83. The average Bonchev–Trinajstić information content (AvgIpc) is 3.65. The van der Waals surface area contributed by atoms with Gasteiger partial charge in [0.2, 0.25) is 0 Å². The lowest BCUT2D eigenvalue weighted by atomic mass is 9.89. The van der Waals surface area contributed by atoms with Gasteiger partial charge in [-0.25, -0.2) is 0 Å². The van der Waals surface area contributed by atoms with Crippen molar-refractivity contribution in [1.82, 2.24) is 24.9 Å². The molecule has 5 heterocycles. The van der Waals surface area contributed by atoms with Gasteiger partial charge in [-0.15, -0.1) is 10.2 Å². The van der Waals surface area contributed by atoms with E-state index in [1.165, 1.54) is 19.3 Å². The van der Waals surface area contributed by atoms with E-state index in [4.69, 9.17) is 4.74 Å². The molecule has 0 radical (unpaired) electrons. The summed E-state index contributed by atoms with van der Waals surface area (Å²) in [5, 5.41) is 16.5. The van der Waals surface area contributed by atoms with Crippen molar-refractivity contribution in [1.29, 1.82) is 0 Å². The Morgan fingerprint density at radius 3 is 2.57 bits per heavy atom. The van der Waals surface area contributed by atoms with E-state index in [9.17, 15) is 13.2 Å². The molecule has 1 aromatic carbocycles. The second kappa shape index (κ2) is 8.66. The third kappa shape index (κ3) is 4.37. The van der Waals surface area contributed by atoms with Gasteiger partial charge in [-0.3, -0.25) is 4.68 Å². The molecule has 7 nitrogen and oxygen atoms in total. The van der Waals surface area contributed by atoms with Gasteiger partial charge in [-0.05, 0) is 62.1 Å². The number of nitrogens with one attached hydrogen (secondary N) is 1. The summed E-state index contributed by atoms with van der Waals surface area (Å²) in [6.07, 6.45) is 3.54. The molecule has 4 aliphatic rings. The molecule has 1 N–H and O–H groups in total. The third-order valence-corrected chi connectivity index (χ3v) is 8.91. The maximum atomic E-state index is 14.1. The minimum absolute atomic E-state index is 0.0176. The molecular formula is C27H31F3N6O. The number of hydrogen-bond donors (Lipinski definition) is 1. The molecule has 1 aliphatic carbocycles. The second-order valence-electron chi connectivity index (χ2n) is 11.5. The lowest BCUT2D eigenvalue weighted by Crippen LogP contribution is -2.34. The monoisotopic (exact) mass is 512 g/mol. The van der Waals surface area contributed by atoms with Gasteiger partial charge in [-0.1, -0.05) is 6.07 Å². The van der Waals surface area contributed by atoms with Gasteiger partial charge in [-0.2, -0.15) is 18.3 Å². The first-order valence-electron chi connectivity index (χ1n) is 13.3. The molecule has 2 bridgehead atoms. The number of ether oxygens (including phenoxy) is 1. The maximum Gasteiger partial charge on any atom is 0.420 e. The largest absolute Gasteiger partial charge is 0.420 e. The molecule has 2 aromatic heterocycles. The zero-order chi connectivity index (χ0) is 25.3. The first-order chi connectivity index (χ1) is 17.8. The first kappa shape index (κ1) is 23.4. The number of likely N-dealkylation sites (tertiary alicyclic amines) is 1. The van der Waals surface area contributed by atoms with E-state index in [0.717, 1.165) is 49.4 Å². The van der Waals surface area contributed by atoms with Crippen LogP contribution >= 0.6 is 0 Å². The summed E-state index contributed by atoms with van der Waals surface area (Å²) in [6.45, 7) is 3.16. The van der Waals surface area contributed by atoms with Crippen molar-refractivity contribution < 1.29 is 17.9 Å². The van der Waals surface area contributed by atoms with E-state index >= 15 is 0 Å². The number of aromatic nitrogens is 4. The van der Waals surface area contributed by atoms with Crippen LogP contribution in [0.4, 0.5) is 19.0 Å². The van der Waals surface area contributed by atoms with Crippen LogP contribution < -0.4 is 5.32 Å². The van der Waals surface area contributed by atoms with Crippen molar-refractivity contribution in [2.45, 2.75) is 56.5 Å². The van der Waals surface area contributed by atoms with E-state index in [-0.39, 0.29) is 17.6 Å². The van der Waals surface area contributed by atoms with Crippen LogP contribution in [-0.4, -0.2) is 62.8 Å². The van der Waals surface area contributed by atoms with Gasteiger partial charge in [0.25, 0.3) is 0 Å². The van der Waals surface area contributed by atoms with Crippen LogP contribution in [0.1, 0.15) is 37.7 Å². The lowest BCUT2D eigenvalue weighted by Gasteiger charge is -2.26. The van der Waals surface area contributed by atoms with Crippen LogP contribution in [0.25, 0.3) is 22.2 Å². The fourth-order valence-electron chi connectivity index (χ4n) is 7.29. The minimum Gasteiger partial charge on any atom is -0.375 e. The molecule has 0 amide bonds. The van der Waals surface area contributed by atoms with Crippen molar-refractivity contribution in [2.75, 3.05) is 25.0 Å². The van der Waals surface area contributed by atoms with Crippen molar-refractivity contribution in [3.05, 3.63) is 36.0 Å². The zero-order valence-electron chi connectivity index (χ0n) is 20.8. The standard InChI is InChI=1S/C27H31F3N6O/c1-35-11-18-6-15(2-4-23(18)34-35)24-10-22(27(28,29)30)26(33-32-24)31-20-7-16-12-36(13-17(16)8-20)14-19-9-21-3-5-25(19)37-21/h2,4,6,10-11,16-17,19-21,25H,3,5,7-9,12-14H2,1H3,(H,31,33)/t16-,17+,19-,20-,21?,25?/m0/s1. The SMILES string of the molecule is Cn1cc2cc(-c3cc(C(F)(F)F)c(N[C@@H]4C[C@@H]5CN(C[C@@H]6CC7CCC6O7)C[C@@H]5C4)nn3)ccc2n1. The van der Waals surface area contributed by atoms with E-state index in [2.05, 4.69) is 25.5 Å². The molecule has 7 rings (SSSR count). The second-order valence-corrected chi connectivity index (χ2v) is 11.5. The minimum atomic E-state index is -4.53. The van der Waals surface area contributed by atoms with E-state index < -0.39 is 11.7 Å². The van der Waals surface area contributed by atoms with Crippen LogP contribution in [0.5, 0.6) is 0 Å². The fourth-order valence-corrected chi connectivity index (χ4v) is 7.29. The molecule has 3 aliphatic heterocycles. The van der Waals surface area contributed by atoms with Gasteiger partial charge < -0.3 is 15.0 Å². The number of nitrogens with zero attached hydrogens (tertiary/aromatic N) is 5. The Hall–Kier alpha value is -2.72. The van der Waals surface area contributed by atoms with E-state index in [1.807, 2.05) is 13.2 Å². The van der Waals surface area contributed by atoms with Crippen LogP contribution in [0, 0.1) is 17.8 Å². The number of rotatable bonds is 5. The summed E-state index contributed by atoms with van der Waals surface area (Å²) >= 11 is 0. The summed E-state index contributed by atoms with van der Waals surface area (Å²) in [7, 11) is 1.81. The average molecular weight is 513 g/mol. The van der Waals surface area contributed by atoms with Crippen molar-refractivity contribution in [3.63, 3.8) is 0 Å². The van der Waals surface area contributed by atoms with Crippen molar-refractivity contribution in [3.8, 4) is 11.3 Å². The summed E-state index contributed by atoms with van der Waals surface area (Å²) < 4.78 is 49.9. The van der Waals surface area contributed by atoms with Gasteiger partial charge >= 0.3 is 6.18 Å². The highest BCUT2D eigenvalue weighted by Crippen LogP contribution is 2.44. The predicted molar refractivity (Wildman–Crippen MR) is 133 cm³/mol. The van der Waals surface area contributed by atoms with Gasteiger partial charge in [0.15, 0.2) is 5.82 Å². The highest BCUT2D eigenvalue weighted by atomic mass is 19.4. The number of hydrogen-bond acceptors (Lipinski definition) is 6. The van der Waals surface area contributed by atoms with Gasteiger partial charge in [0.1, 0.15) is 5.56 Å². The number of fused-ring (bicyclic) bond motifs is 4. The predicted octanol–water partition coefficient (Wildman–Crippen LogP) is 4.74. The Morgan fingerprint density at radius 2 is 1.86 bits per heavy atom. The van der Waals surface area contributed by atoms with Gasteiger partial charge in [0.05, 0.1) is 23.4 Å². The summed E-state index contributed by atoms with van der Waals surface area (Å²) in [4.78, 5) is 2.56. The smallest absolute Gasteiger partial charge is 0.375 e. The molecule has 3 saturated heterocycles. The van der Waals surface area contributed by atoms with Crippen LogP contribution in [-0.2, 0) is 18.0 Å². The molecule has 4 fully saturated rings. The molecule has 196 valence electrons. The molecule has 6 atom stereocenters. The number of benzene rings is 1. The molecule has 10 heteroatoms. The van der Waals surface area contributed by atoms with Crippen LogP contribution in [0.2, 0.25) is 0 Å². The Bertz CT molecular complexity index is 1310. The Kier molecular flexibility index (Phi) is 5.48. The number of anilines is 1. The number of aryl methyl sites for hydroxylation is 1. The zero-order valence-corrected chi connectivity index (χ0v) is 20.8. The molecule has 0 spiro atoms. The number of halogens is 3. The lowest BCUT2D eigenvalue weighted by molar-refractivity contribution is -0.137. The number of alkyl halides is 3. The highest BCUT2D eigenvalue weighted by Gasteiger charge is 2.46. The fraction of sp³-hybridized carbons (Fsp3) is 0.593. The molecule has 2 unspecified atom stereocenters. The summed E-state index contributed by atoms with van der Waals surface area (Å²) in [5.41, 5.74) is 0.801. The molecule has 1 saturated carbocycles. The summed E-state index contributed by atoms with van der Waals surface area (Å²) in [6, 6.07) is 6.42. The van der Waals surface area contributed by atoms with Crippen LogP contribution in [0.15, 0.2) is 30.5 Å². The van der Waals surface area contributed by atoms with Gasteiger partial charge in [0, 0.05) is 55.8 Å².